The van der Waals surface area contributed by atoms with E-state index in [1.165, 1.54) is 0 Å². The maximum Gasteiger partial charge on any atom is 0.275 e. The minimum absolute atomic E-state index is 0.119. The number of carbonyl (C=O) groups excluding carboxylic acids is 2. The van der Waals surface area contributed by atoms with E-state index < -0.39 is 0 Å². The van der Waals surface area contributed by atoms with Gasteiger partial charge in [0.15, 0.2) is 5.69 Å². The molecule has 0 bridgehead atoms. The Labute approximate surface area is 97.9 Å². The van der Waals surface area contributed by atoms with E-state index >= 15 is 0 Å². The van der Waals surface area contributed by atoms with E-state index in [-0.39, 0.29) is 11.7 Å². The first-order valence-electron chi connectivity index (χ1n) is 4.85. The Balaban J connectivity index is 0.000000606. The average molecular weight is 239 g/mol. The van der Waals surface area contributed by atoms with Gasteiger partial charge in [0.25, 0.3) is 5.91 Å². The summed E-state index contributed by atoms with van der Waals surface area (Å²) in [6, 6.07) is 0. The van der Waals surface area contributed by atoms with Crippen LogP contribution < -0.4 is 0 Å². The number of likely N-dealkylation sites (tertiary alicyclic amines) is 1. The van der Waals surface area contributed by atoms with Crippen molar-refractivity contribution in [3.8, 4) is 0 Å². The van der Waals surface area contributed by atoms with Gasteiger partial charge in [0.05, 0.1) is 0 Å². The third-order valence-electron chi connectivity index (χ3n) is 2.19. The zero-order valence-corrected chi connectivity index (χ0v) is 9.70. The molecule has 2 heterocycles. The van der Waals surface area contributed by atoms with Gasteiger partial charge in [0.2, 0.25) is 0 Å². The second-order valence-corrected chi connectivity index (χ2v) is 3.73. The Morgan fingerprint density at radius 3 is 2.50 bits per heavy atom. The number of rotatable bonds is 1. The predicted octanol–water partition coefficient (Wildman–Crippen LogP) is 1.15. The van der Waals surface area contributed by atoms with Crippen molar-refractivity contribution in [3.63, 3.8) is 0 Å². The van der Waals surface area contributed by atoms with Crippen molar-refractivity contribution in [2.75, 3.05) is 13.1 Å². The summed E-state index contributed by atoms with van der Waals surface area (Å²) in [4.78, 5) is 24.3. The Morgan fingerprint density at radius 2 is 2.00 bits per heavy atom. The lowest BCUT2D eigenvalue weighted by Gasteiger charge is -2.24. The highest BCUT2D eigenvalue weighted by atomic mass is 32.1. The third-order valence-corrected chi connectivity index (χ3v) is 2.69. The lowest BCUT2D eigenvalue weighted by molar-refractivity contribution is -0.120. The van der Waals surface area contributed by atoms with Crippen molar-refractivity contribution in [2.45, 2.75) is 12.8 Å². The molecule has 1 aromatic rings. The maximum absolute atomic E-state index is 11.7. The Morgan fingerprint density at radius 1 is 1.38 bits per heavy atom. The van der Waals surface area contributed by atoms with Crippen LogP contribution in [0.2, 0.25) is 0 Å². The zero-order chi connectivity index (χ0) is 12.0. The van der Waals surface area contributed by atoms with E-state index in [4.69, 9.17) is 0 Å². The topological polar surface area (TPSA) is 63.2 Å². The van der Waals surface area contributed by atoms with Crippen molar-refractivity contribution in [3.05, 3.63) is 24.2 Å². The molecule has 0 saturated carbocycles. The van der Waals surface area contributed by atoms with Gasteiger partial charge in [-0.25, -0.2) is 0 Å². The van der Waals surface area contributed by atoms with E-state index in [1.807, 2.05) is 0 Å². The van der Waals surface area contributed by atoms with Gasteiger partial charge in [-0.3, -0.25) is 9.59 Å². The molecule has 16 heavy (non-hydrogen) atoms. The van der Waals surface area contributed by atoms with Crippen LogP contribution >= 0.6 is 11.5 Å². The Kier molecular flexibility index (Phi) is 4.78. The molecule has 0 N–H and O–H groups in total. The Hall–Kier alpha value is -1.56. The first kappa shape index (κ1) is 12.5. The summed E-state index contributed by atoms with van der Waals surface area (Å²) in [5, 5.41) is 5.33. The quantitative estimate of drug-likeness (QED) is 0.689. The van der Waals surface area contributed by atoms with Gasteiger partial charge >= 0.3 is 0 Å². The number of nitrogens with zero attached hydrogens (tertiary/aromatic N) is 3. The van der Waals surface area contributed by atoms with Crippen molar-refractivity contribution in [1.82, 2.24) is 14.5 Å². The van der Waals surface area contributed by atoms with E-state index in [9.17, 15) is 9.59 Å². The molecule has 1 aliphatic heterocycles. The van der Waals surface area contributed by atoms with Gasteiger partial charge < -0.3 is 4.90 Å². The molecule has 0 spiro atoms. The average Bonchev–Trinajstić information content (AvgIpc) is 2.85. The Bertz CT molecular complexity index is 354. The highest BCUT2D eigenvalue weighted by Crippen LogP contribution is 2.10. The fraction of sp³-hybridized carbons (Fsp3) is 0.400. The highest BCUT2D eigenvalue weighted by molar-refractivity contribution is 7.03. The summed E-state index contributed by atoms with van der Waals surface area (Å²) in [6.07, 6.45) is 0.923. The van der Waals surface area contributed by atoms with Gasteiger partial charge in [-0.2, -0.15) is 0 Å². The van der Waals surface area contributed by atoms with Crippen LogP contribution in [0.5, 0.6) is 0 Å². The number of piperidine rings is 1. The van der Waals surface area contributed by atoms with Crippen LogP contribution in [0.25, 0.3) is 0 Å². The molecular formula is C10H13N3O2S. The van der Waals surface area contributed by atoms with Crippen LogP contribution in [0.15, 0.2) is 18.5 Å². The van der Waals surface area contributed by atoms with E-state index in [2.05, 4.69) is 22.7 Å². The number of amides is 1. The fourth-order valence-electron chi connectivity index (χ4n) is 1.38. The maximum atomic E-state index is 11.7. The van der Waals surface area contributed by atoms with Crippen molar-refractivity contribution in [2.24, 2.45) is 0 Å². The second-order valence-electron chi connectivity index (χ2n) is 3.12. The lowest BCUT2D eigenvalue weighted by Crippen LogP contribution is -2.38. The number of hydrogen-bond acceptors (Lipinski definition) is 5. The van der Waals surface area contributed by atoms with Crippen LogP contribution in [0.4, 0.5) is 0 Å². The number of ketones is 1. The number of hydrogen-bond donors (Lipinski definition) is 0. The summed E-state index contributed by atoms with van der Waals surface area (Å²) in [5.74, 6) is 0.108. The summed E-state index contributed by atoms with van der Waals surface area (Å²) in [5.41, 5.74) is 0.379. The number of Topliss-reactive ketones (excluding diaryl/α,β-unsaturated/α-hetero) is 1. The van der Waals surface area contributed by atoms with Gasteiger partial charge in [-0.1, -0.05) is 4.49 Å². The molecule has 5 nitrogen and oxygen atoms in total. The van der Waals surface area contributed by atoms with Crippen molar-refractivity contribution >= 4 is 23.2 Å². The minimum Gasteiger partial charge on any atom is -0.336 e. The standard InChI is InChI=1S/C8H9N3O2S.C2H4/c12-6-1-3-11(4-2-6)8(13)7-5-14-10-9-7;1-2/h5H,1-4H2;1-2H2. The molecule has 0 aromatic carbocycles. The van der Waals surface area contributed by atoms with E-state index in [1.54, 1.807) is 10.3 Å². The molecule has 1 aromatic heterocycles. The molecule has 1 aliphatic rings. The summed E-state index contributed by atoms with van der Waals surface area (Å²) in [6.45, 7) is 7.02. The molecule has 1 saturated heterocycles. The smallest absolute Gasteiger partial charge is 0.275 e. The predicted molar refractivity (Wildman–Crippen MR) is 61.3 cm³/mol. The molecule has 0 aliphatic carbocycles. The second kappa shape index (κ2) is 6.12. The zero-order valence-electron chi connectivity index (χ0n) is 8.89. The molecule has 1 amide bonds. The SMILES string of the molecule is C=C.O=C1CCN(C(=O)c2csnn2)CC1. The van der Waals surface area contributed by atoms with E-state index in [0.29, 0.717) is 31.6 Å². The molecular weight excluding hydrogens is 226 g/mol. The first-order chi connectivity index (χ1) is 7.77. The fourth-order valence-corrected chi connectivity index (χ4v) is 1.81. The number of aromatic nitrogens is 2. The highest BCUT2D eigenvalue weighted by Gasteiger charge is 2.23. The molecule has 0 atom stereocenters. The van der Waals surface area contributed by atoms with Gasteiger partial charge in [0.1, 0.15) is 5.78 Å². The summed E-state index contributed by atoms with van der Waals surface area (Å²) >= 11 is 1.16. The summed E-state index contributed by atoms with van der Waals surface area (Å²) < 4.78 is 3.63. The molecule has 0 unspecified atom stereocenters. The van der Waals surface area contributed by atoms with Crippen LogP contribution in [-0.2, 0) is 4.79 Å². The molecule has 2 rings (SSSR count). The number of carbonyl (C=O) groups is 2. The largest absolute Gasteiger partial charge is 0.336 e. The van der Waals surface area contributed by atoms with Crippen LogP contribution in [0.1, 0.15) is 23.3 Å². The molecule has 1 fully saturated rings. The van der Waals surface area contributed by atoms with Crippen LogP contribution in [0, 0.1) is 0 Å². The normalized spacial score (nSPS) is 15.2. The van der Waals surface area contributed by atoms with Gasteiger partial charge in [-0.05, 0) is 11.5 Å². The van der Waals surface area contributed by atoms with Crippen LogP contribution in [-0.4, -0.2) is 39.3 Å². The van der Waals surface area contributed by atoms with Gasteiger partial charge in [-0.15, -0.1) is 18.3 Å². The van der Waals surface area contributed by atoms with Crippen molar-refractivity contribution in [1.29, 1.82) is 0 Å². The lowest BCUT2D eigenvalue weighted by atomic mass is 10.1. The molecule has 0 radical (unpaired) electrons. The van der Waals surface area contributed by atoms with Gasteiger partial charge in [0, 0.05) is 31.3 Å². The minimum atomic E-state index is -0.119. The first-order valence-corrected chi connectivity index (χ1v) is 5.69. The molecule has 6 heteroatoms. The van der Waals surface area contributed by atoms with Crippen LogP contribution in [0.3, 0.4) is 0 Å². The van der Waals surface area contributed by atoms with Crippen molar-refractivity contribution < 1.29 is 9.59 Å². The summed E-state index contributed by atoms with van der Waals surface area (Å²) in [7, 11) is 0. The monoisotopic (exact) mass is 239 g/mol. The third kappa shape index (κ3) is 2.96. The van der Waals surface area contributed by atoms with E-state index in [0.717, 1.165) is 11.5 Å². The molecule has 86 valence electrons.